The Morgan fingerprint density at radius 1 is 1.53 bits per heavy atom. The number of nitrogen functional groups attached to an aromatic ring is 1. The fourth-order valence-electron chi connectivity index (χ4n) is 2.10. The van der Waals surface area contributed by atoms with E-state index in [2.05, 4.69) is 22.2 Å². The van der Waals surface area contributed by atoms with E-state index in [1.807, 2.05) is 18.3 Å². The summed E-state index contributed by atoms with van der Waals surface area (Å²) < 4.78 is 0. The van der Waals surface area contributed by atoms with Crippen molar-refractivity contribution in [1.29, 1.82) is 0 Å². The number of hydrogen-bond acceptors (Lipinski definition) is 4. The molecule has 1 heterocycles. The lowest BCUT2D eigenvalue weighted by atomic mass is 10.2. The minimum absolute atomic E-state index is 0.928. The van der Waals surface area contributed by atoms with E-state index in [4.69, 9.17) is 5.84 Å². The van der Waals surface area contributed by atoms with Crippen LogP contribution in [-0.4, -0.2) is 23.0 Å². The van der Waals surface area contributed by atoms with E-state index in [0.29, 0.717) is 0 Å². The molecular formula is C13H22N4. The first-order valence-electron chi connectivity index (χ1n) is 6.45. The summed E-state index contributed by atoms with van der Waals surface area (Å²) in [4.78, 5) is 6.90. The predicted molar refractivity (Wildman–Crippen MR) is 70.3 cm³/mol. The first-order chi connectivity index (χ1) is 8.31. The van der Waals surface area contributed by atoms with Gasteiger partial charge < -0.3 is 5.43 Å². The molecule has 1 fully saturated rings. The Bertz CT molecular complexity index is 349. The number of rotatable bonds is 7. The van der Waals surface area contributed by atoms with Gasteiger partial charge in [0.1, 0.15) is 0 Å². The molecule has 0 aromatic carbocycles. The lowest BCUT2D eigenvalue weighted by Crippen LogP contribution is -2.27. The van der Waals surface area contributed by atoms with Gasteiger partial charge in [-0.05, 0) is 43.9 Å². The molecule has 2 rings (SSSR count). The molecule has 0 bridgehead atoms. The quantitative estimate of drug-likeness (QED) is 0.559. The van der Waals surface area contributed by atoms with Crippen molar-refractivity contribution in [3.8, 4) is 0 Å². The molecule has 1 aliphatic rings. The van der Waals surface area contributed by atoms with Crippen LogP contribution in [0.2, 0.25) is 0 Å². The van der Waals surface area contributed by atoms with Crippen molar-refractivity contribution in [2.24, 2.45) is 11.8 Å². The number of hydrazine groups is 1. The molecule has 4 nitrogen and oxygen atoms in total. The van der Waals surface area contributed by atoms with Gasteiger partial charge in [-0.15, -0.1) is 0 Å². The molecule has 0 saturated heterocycles. The second-order valence-corrected chi connectivity index (χ2v) is 4.86. The highest BCUT2D eigenvalue weighted by atomic mass is 15.2. The summed E-state index contributed by atoms with van der Waals surface area (Å²) in [5, 5.41) is 0. The van der Waals surface area contributed by atoms with Gasteiger partial charge in [0.25, 0.3) is 0 Å². The summed E-state index contributed by atoms with van der Waals surface area (Å²) >= 11 is 0. The van der Waals surface area contributed by atoms with Crippen LogP contribution in [0.1, 0.15) is 31.9 Å². The largest absolute Gasteiger partial charge is 0.324 e. The van der Waals surface area contributed by atoms with Crippen molar-refractivity contribution >= 4 is 5.69 Å². The molecule has 94 valence electrons. The van der Waals surface area contributed by atoms with Crippen molar-refractivity contribution < 1.29 is 0 Å². The van der Waals surface area contributed by atoms with Gasteiger partial charge in [-0.1, -0.05) is 6.92 Å². The topological polar surface area (TPSA) is 54.2 Å². The van der Waals surface area contributed by atoms with E-state index in [1.165, 1.54) is 25.8 Å². The normalized spacial score (nSPS) is 15.2. The van der Waals surface area contributed by atoms with Crippen LogP contribution < -0.4 is 11.3 Å². The minimum Gasteiger partial charge on any atom is -0.324 e. The van der Waals surface area contributed by atoms with E-state index in [0.717, 1.165) is 30.4 Å². The molecule has 1 aromatic heterocycles. The minimum atomic E-state index is 0.928. The number of nitrogens with two attached hydrogens (primary N) is 1. The van der Waals surface area contributed by atoms with Gasteiger partial charge in [-0.25, -0.2) is 0 Å². The summed E-state index contributed by atoms with van der Waals surface area (Å²) in [5.74, 6) is 6.34. The van der Waals surface area contributed by atoms with Gasteiger partial charge in [0, 0.05) is 19.3 Å². The molecule has 0 aliphatic heterocycles. The van der Waals surface area contributed by atoms with Gasteiger partial charge in [-0.3, -0.25) is 15.7 Å². The smallest absolute Gasteiger partial charge is 0.0564 e. The molecule has 1 aromatic rings. The number of anilines is 1. The van der Waals surface area contributed by atoms with Gasteiger partial charge in [0.15, 0.2) is 0 Å². The molecule has 17 heavy (non-hydrogen) atoms. The van der Waals surface area contributed by atoms with Crippen molar-refractivity contribution in [2.75, 3.05) is 18.5 Å². The Morgan fingerprint density at radius 2 is 2.35 bits per heavy atom. The summed E-state index contributed by atoms with van der Waals surface area (Å²) in [6, 6.07) is 3.91. The van der Waals surface area contributed by atoms with Crippen molar-refractivity contribution in [2.45, 2.75) is 32.7 Å². The van der Waals surface area contributed by atoms with Gasteiger partial charge >= 0.3 is 0 Å². The van der Waals surface area contributed by atoms with Crippen molar-refractivity contribution in [1.82, 2.24) is 9.88 Å². The predicted octanol–water partition coefficient (Wildman–Crippen LogP) is 1.99. The summed E-state index contributed by atoms with van der Waals surface area (Å²) in [5.41, 5.74) is 4.69. The average Bonchev–Trinajstić information content (AvgIpc) is 3.13. The lowest BCUT2D eigenvalue weighted by molar-refractivity contribution is 0.252. The SMILES string of the molecule is CCCN(Cc1cc(NN)ccn1)CC1CC1. The molecule has 4 heteroatoms. The third-order valence-corrected chi connectivity index (χ3v) is 3.12. The van der Waals surface area contributed by atoms with E-state index < -0.39 is 0 Å². The van der Waals surface area contributed by atoms with E-state index in [-0.39, 0.29) is 0 Å². The Balaban J connectivity index is 1.94. The highest BCUT2D eigenvalue weighted by Crippen LogP contribution is 2.30. The molecular weight excluding hydrogens is 212 g/mol. The van der Waals surface area contributed by atoms with Crippen LogP contribution in [0.5, 0.6) is 0 Å². The maximum atomic E-state index is 5.41. The average molecular weight is 234 g/mol. The maximum Gasteiger partial charge on any atom is 0.0564 e. The van der Waals surface area contributed by atoms with E-state index in [1.54, 1.807) is 0 Å². The Kier molecular flexibility index (Phi) is 4.34. The number of nitrogens with one attached hydrogen (secondary N) is 1. The highest BCUT2D eigenvalue weighted by molar-refractivity contribution is 5.41. The van der Waals surface area contributed by atoms with Gasteiger partial charge in [0.05, 0.1) is 11.4 Å². The molecule has 0 unspecified atom stereocenters. The number of aromatic nitrogens is 1. The standard InChI is InChI=1S/C13H22N4/c1-2-7-17(9-11-3-4-11)10-13-8-12(16-14)5-6-15-13/h5-6,8,11H,2-4,7,9-10,14H2,1H3,(H,15,16). The van der Waals surface area contributed by atoms with Crippen LogP contribution in [0.25, 0.3) is 0 Å². The Morgan fingerprint density at radius 3 is 3.00 bits per heavy atom. The second-order valence-electron chi connectivity index (χ2n) is 4.86. The van der Waals surface area contributed by atoms with Gasteiger partial charge in [0.2, 0.25) is 0 Å². The number of nitrogens with zero attached hydrogens (tertiary/aromatic N) is 2. The third-order valence-electron chi connectivity index (χ3n) is 3.12. The fraction of sp³-hybridized carbons (Fsp3) is 0.615. The van der Waals surface area contributed by atoms with Crippen LogP contribution in [0, 0.1) is 5.92 Å². The maximum absolute atomic E-state index is 5.41. The summed E-state index contributed by atoms with van der Waals surface area (Å²) in [6.07, 6.45) is 5.81. The zero-order chi connectivity index (χ0) is 12.1. The summed E-state index contributed by atoms with van der Waals surface area (Å²) in [6.45, 7) is 5.53. The zero-order valence-electron chi connectivity index (χ0n) is 10.5. The number of pyridine rings is 1. The van der Waals surface area contributed by atoms with Crippen LogP contribution in [0.3, 0.4) is 0 Å². The molecule has 3 N–H and O–H groups in total. The fourth-order valence-corrected chi connectivity index (χ4v) is 2.10. The molecule has 1 saturated carbocycles. The van der Waals surface area contributed by atoms with Crippen LogP contribution in [0.15, 0.2) is 18.3 Å². The van der Waals surface area contributed by atoms with Gasteiger partial charge in [-0.2, -0.15) is 0 Å². The van der Waals surface area contributed by atoms with Crippen LogP contribution >= 0.6 is 0 Å². The Hall–Kier alpha value is -1.13. The van der Waals surface area contributed by atoms with Crippen LogP contribution in [-0.2, 0) is 6.54 Å². The monoisotopic (exact) mass is 234 g/mol. The lowest BCUT2D eigenvalue weighted by Gasteiger charge is -2.21. The van der Waals surface area contributed by atoms with Crippen LogP contribution in [0.4, 0.5) is 5.69 Å². The van der Waals surface area contributed by atoms with Crippen molar-refractivity contribution in [3.05, 3.63) is 24.0 Å². The highest BCUT2D eigenvalue weighted by Gasteiger charge is 2.24. The van der Waals surface area contributed by atoms with E-state index in [9.17, 15) is 0 Å². The molecule has 0 atom stereocenters. The molecule has 0 radical (unpaired) electrons. The summed E-state index contributed by atoms with van der Waals surface area (Å²) in [7, 11) is 0. The number of hydrogen-bond donors (Lipinski definition) is 2. The second kappa shape index (κ2) is 5.98. The molecule has 1 aliphatic carbocycles. The zero-order valence-corrected chi connectivity index (χ0v) is 10.5. The first kappa shape index (κ1) is 12.3. The third kappa shape index (κ3) is 3.98. The first-order valence-corrected chi connectivity index (χ1v) is 6.45. The molecule has 0 amide bonds. The Labute approximate surface area is 103 Å². The molecule has 0 spiro atoms. The van der Waals surface area contributed by atoms with Crippen molar-refractivity contribution in [3.63, 3.8) is 0 Å². The van der Waals surface area contributed by atoms with E-state index >= 15 is 0 Å².